The highest BCUT2D eigenvalue weighted by molar-refractivity contribution is 7.99. The third-order valence-corrected chi connectivity index (χ3v) is 4.67. The van der Waals surface area contributed by atoms with Crippen molar-refractivity contribution in [2.24, 2.45) is 0 Å². The lowest BCUT2D eigenvalue weighted by molar-refractivity contribution is -0.113. The maximum Gasteiger partial charge on any atom is 0.234 e. The minimum atomic E-state index is 0.0186. The van der Waals surface area contributed by atoms with Gasteiger partial charge in [0.05, 0.1) is 12.4 Å². The number of carbonyl (C=O) groups is 1. The number of benzene rings is 2. The van der Waals surface area contributed by atoms with Crippen LogP contribution >= 0.6 is 11.8 Å². The summed E-state index contributed by atoms with van der Waals surface area (Å²) in [5.41, 5.74) is 3.43. The van der Waals surface area contributed by atoms with Crippen LogP contribution in [0, 0.1) is 6.92 Å². The molecule has 0 radical (unpaired) electrons. The van der Waals surface area contributed by atoms with Gasteiger partial charge in [-0.25, -0.2) is 0 Å². The van der Waals surface area contributed by atoms with Crippen molar-refractivity contribution in [3.8, 4) is 5.75 Å². The Kier molecular flexibility index (Phi) is 6.94. The standard InChI is InChI=1S/C21H27NO2S/c1-16-6-5-7-18(14-16)22-20(23)15-25-13-12-24-19-10-8-17(9-11-19)21(2,3)4/h5-11,14H,12-13,15H2,1-4H3,(H,22,23). The molecule has 1 N–H and O–H groups in total. The molecule has 1 amide bonds. The predicted octanol–water partition coefficient (Wildman–Crippen LogP) is 5.04. The van der Waals surface area contributed by atoms with Crippen LogP contribution in [-0.2, 0) is 10.2 Å². The Hall–Kier alpha value is -1.94. The first kappa shape index (κ1) is 19.4. The monoisotopic (exact) mass is 357 g/mol. The van der Waals surface area contributed by atoms with E-state index in [1.165, 1.54) is 5.56 Å². The molecule has 0 fully saturated rings. The van der Waals surface area contributed by atoms with E-state index in [4.69, 9.17) is 4.74 Å². The average Bonchev–Trinajstić information content (AvgIpc) is 2.54. The van der Waals surface area contributed by atoms with Crippen LogP contribution in [0.4, 0.5) is 5.69 Å². The Balaban J connectivity index is 1.65. The van der Waals surface area contributed by atoms with Gasteiger partial charge in [0.15, 0.2) is 0 Å². The molecule has 0 atom stereocenters. The number of aryl methyl sites for hydroxylation is 1. The average molecular weight is 358 g/mol. The lowest BCUT2D eigenvalue weighted by Gasteiger charge is -2.19. The molecule has 2 aromatic rings. The molecule has 4 heteroatoms. The fourth-order valence-corrected chi connectivity index (χ4v) is 2.96. The molecular weight excluding hydrogens is 330 g/mol. The smallest absolute Gasteiger partial charge is 0.234 e. The summed E-state index contributed by atoms with van der Waals surface area (Å²) >= 11 is 1.57. The van der Waals surface area contributed by atoms with Gasteiger partial charge in [0.1, 0.15) is 5.75 Å². The molecule has 0 aliphatic rings. The summed E-state index contributed by atoms with van der Waals surface area (Å²) < 4.78 is 5.74. The lowest BCUT2D eigenvalue weighted by Crippen LogP contribution is -2.15. The molecule has 0 aliphatic carbocycles. The number of anilines is 1. The number of hydrogen-bond acceptors (Lipinski definition) is 3. The molecule has 0 bridgehead atoms. The summed E-state index contributed by atoms with van der Waals surface area (Å²) in [6.45, 7) is 9.19. The molecule has 0 spiro atoms. The molecule has 0 unspecified atom stereocenters. The second-order valence-electron chi connectivity index (χ2n) is 7.09. The van der Waals surface area contributed by atoms with Gasteiger partial charge in [-0.05, 0) is 47.7 Å². The molecule has 2 aromatic carbocycles. The van der Waals surface area contributed by atoms with E-state index in [2.05, 4.69) is 38.2 Å². The summed E-state index contributed by atoms with van der Waals surface area (Å²) in [5, 5.41) is 2.91. The van der Waals surface area contributed by atoms with E-state index in [0.29, 0.717) is 12.4 Å². The van der Waals surface area contributed by atoms with Crippen LogP contribution in [0.5, 0.6) is 5.75 Å². The van der Waals surface area contributed by atoms with Gasteiger partial charge in [0.25, 0.3) is 0 Å². The fraction of sp³-hybridized carbons (Fsp3) is 0.381. The Morgan fingerprint density at radius 3 is 2.48 bits per heavy atom. The van der Waals surface area contributed by atoms with Crippen LogP contribution in [0.1, 0.15) is 31.9 Å². The maximum atomic E-state index is 11.9. The highest BCUT2D eigenvalue weighted by Gasteiger charge is 2.12. The van der Waals surface area contributed by atoms with Crippen LogP contribution in [-0.4, -0.2) is 24.0 Å². The molecule has 0 aliphatic heterocycles. The number of ether oxygens (including phenoxy) is 1. The minimum Gasteiger partial charge on any atom is -0.493 e. The molecule has 0 saturated heterocycles. The van der Waals surface area contributed by atoms with Gasteiger partial charge in [0.2, 0.25) is 5.91 Å². The summed E-state index contributed by atoms with van der Waals surface area (Å²) in [6, 6.07) is 16.1. The third kappa shape index (κ3) is 6.83. The van der Waals surface area contributed by atoms with E-state index in [0.717, 1.165) is 22.8 Å². The van der Waals surface area contributed by atoms with Crippen LogP contribution in [0.25, 0.3) is 0 Å². The van der Waals surface area contributed by atoms with E-state index in [1.54, 1.807) is 11.8 Å². The van der Waals surface area contributed by atoms with E-state index < -0.39 is 0 Å². The topological polar surface area (TPSA) is 38.3 Å². The van der Waals surface area contributed by atoms with Gasteiger partial charge < -0.3 is 10.1 Å². The molecular formula is C21H27NO2S. The van der Waals surface area contributed by atoms with Crippen molar-refractivity contribution in [1.82, 2.24) is 0 Å². The van der Waals surface area contributed by atoms with Gasteiger partial charge in [-0.2, -0.15) is 0 Å². The van der Waals surface area contributed by atoms with E-state index in [-0.39, 0.29) is 11.3 Å². The Morgan fingerprint density at radius 2 is 1.84 bits per heavy atom. The molecule has 3 nitrogen and oxygen atoms in total. The molecule has 0 aromatic heterocycles. The van der Waals surface area contributed by atoms with Crippen molar-refractivity contribution in [2.45, 2.75) is 33.1 Å². The van der Waals surface area contributed by atoms with E-state index in [9.17, 15) is 4.79 Å². The molecule has 2 rings (SSSR count). The number of carbonyl (C=O) groups excluding carboxylic acids is 1. The van der Waals surface area contributed by atoms with Crippen molar-refractivity contribution < 1.29 is 9.53 Å². The first-order chi connectivity index (χ1) is 11.8. The van der Waals surface area contributed by atoms with Crippen molar-refractivity contribution in [2.75, 3.05) is 23.4 Å². The lowest BCUT2D eigenvalue weighted by atomic mass is 9.87. The van der Waals surface area contributed by atoms with Crippen molar-refractivity contribution in [3.63, 3.8) is 0 Å². The zero-order valence-corrected chi connectivity index (χ0v) is 16.3. The first-order valence-electron chi connectivity index (χ1n) is 8.52. The Morgan fingerprint density at radius 1 is 1.12 bits per heavy atom. The van der Waals surface area contributed by atoms with Crippen LogP contribution < -0.4 is 10.1 Å². The maximum absolute atomic E-state index is 11.9. The fourth-order valence-electron chi connectivity index (χ4n) is 2.35. The zero-order chi connectivity index (χ0) is 18.3. The number of nitrogens with one attached hydrogen (secondary N) is 1. The quantitative estimate of drug-likeness (QED) is 0.705. The van der Waals surface area contributed by atoms with Gasteiger partial charge in [-0.1, -0.05) is 45.0 Å². The van der Waals surface area contributed by atoms with Crippen LogP contribution in [0.2, 0.25) is 0 Å². The highest BCUT2D eigenvalue weighted by atomic mass is 32.2. The Labute approximate surface area is 155 Å². The normalized spacial score (nSPS) is 11.2. The predicted molar refractivity (Wildman–Crippen MR) is 108 cm³/mol. The SMILES string of the molecule is Cc1cccc(NC(=O)CSCCOc2ccc(C(C)(C)C)cc2)c1. The van der Waals surface area contributed by atoms with Gasteiger partial charge in [-0.15, -0.1) is 11.8 Å². The second kappa shape index (κ2) is 8.95. The second-order valence-corrected chi connectivity index (χ2v) is 8.20. The summed E-state index contributed by atoms with van der Waals surface area (Å²) in [5.74, 6) is 2.10. The summed E-state index contributed by atoms with van der Waals surface area (Å²) in [6.07, 6.45) is 0. The number of thioether (sulfide) groups is 1. The Bertz CT molecular complexity index is 690. The van der Waals surface area contributed by atoms with Gasteiger partial charge >= 0.3 is 0 Å². The largest absolute Gasteiger partial charge is 0.493 e. The third-order valence-electron chi connectivity index (χ3n) is 3.75. The molecule has 0 saturated carbocycles. The summed E-state index contributed by atoms with van der Waals surface area (Å²) in [4.78, 5) is 11.9. The van der Waals surface area contributed by atoms with Crippen molar-refractivity contribution >= 4 is 23.4 Å². The minimum absolute atomic E-state index is 0.0186. The van der Waals surface area contributed by atoms with Gasteiger partial charge in [0, 0.05) is 11.4 Å². The van der Waals surface area contributed by atoms with Crippen LogP contribution in [0.3, 0.4) is 0 Å². The number of hydrogen-bond donors (Lipinski definition) is 1. The van der Waals surface area contributed by atoms with Crippen LogP contribution in [0.15, 0.2) is 48.5 Å². The summed E-state index contributed by atoms with van der Waals surface area (Å²) in [7, 11) is 0. The molecule has 25 heavy (non-hydrogen) atoms. The van der Waals surface area contributed by atoms with Crippen molar-refractivity contribution in [1.29, 1.82) is 0 Å². The van der Waals surface area contributed by atoms with E-state index >= 15 is 0 Å². The molecule has 0 heterocycles. The van der Waals surface area contributed by atoms with Gasteiger partial charge in [-0.3, -0.25) is 4.79 Å². The number of rotatable bonds is 7. The van der Waals surface area contributed by atoms with E-state index in [1.807, 2.05) is 43.3 Å². The molecule has 134 valence electrons. The van der Waals surface area contributed by atoms with Crippen molar-refractivity contribution in [3.05, 3.63) is 59.7 Å². The first-order valence-corrected chi connectivity index (χ1v) is 9.68. The number of amides is 1. The zero-order valence-electron chi connectivity index (χ0n) is 15.5. The highest BCUT2D eigenvalue weighted by Crippen LogP contribution is 2.24.